The molecule has 10 heteroatoms. The summed E-state index contributed by atoms with van der Waals surface area (Å²) in [5, 5.41) is 21.2. The highest BCUT2D eigenvalue weighted by atomic mass is 16.6. The first-order valence-corrected chi connectivity index (χ1v) is 6.31. The number of aliphatic imine (C=N–C) groups is 1. The van der Waals surface area contributed by atoms with E-state index in [0.717, 1.165) is 0 Å². The van der Waals surface area contributed by atoms with Gasteiger partial charge in [-0.25, -0.2) is 9.59 Å². The summed E-state index contributed by atoms with van der Waals surface area (Å²) in [6.07, 6.45) is -0.292. The van der Waals surface area contributed by atoms with Crippen LogP contribution in [-0.2, 0) is 9.53 Å². The van der Waals surface area contributed by atoms with Crippen molar-refractivity contribution in [1.29, 1.82) is 0 Å². The van der Waals surface area contributed by atoms with Crippen molar-refractivity contribution in [1.82, 2.24) is 16.3 Å². The second-order valence-electron chi connectivity index (χ2n) is 5.17. The molecule has 0 aliphatic carbocycles. The molecule has 0 radical (unpaired) electrons. The van der Waals surface area contributed by atoms with E-state index in [1.54, 1.807) is 20.8 Å². The van der Waals surface area contributed by atoms with Crippen LogP contribution in [0.2, 0.25) is 0 Å². The Morgan fingerprint density at radius 2 is 2.05 bits per heavy atom. The van der Waals surface area contributed by atoms with Crippen LogP contribution in [0, 0.1) is 5.21 Å². The Balaban J connectivity index is 4.24. The molecule has 0 aromatic carbocycles. The zero-order valence-corrected chi connectivity index (χ0v) is 12.3. The van der Waals surface area contributed by atoms with Gasteiger partial charge in [0.15, 0.2) is 0 Å². The van der Waals surface area contributed by atoms with Gasteiger partial charge in [0, 0.05) is 6.54 Å². The van der Waals surface area contributed by atoms with Gasteiger partial charge in [0.25, 0.3) is 0 Å². The molecular weight excluding hydrogens is 282 g/mol. The summed E-state index contributed by atoms with van der Waals surface area (Å²) >= 11 is 0. The first kappa shape index (κ1) is 18.9. The standard InChI is InChI=1S/C11H22N5O5/c1-11(2,3)21-10(19)14-7(8(17)18)5-4-6-13-9(12)15-16-20/h7,16H,4-6H2,1-3H3,(H,14,19)(H,17,18)(H3,12,13,15)/q-1/t7-/m1/s1. The number of nitrogens with zero attached hydrogens (tertiary/aromatic N) is 1. The molecule has 10 nitrogen and oxygen atoms in total. The zero-order chi connectivity index (χ0) is 16.5. The van der Waals surface area contributed by atoms with E-state index >= 15 is 0 Å². The second-order valence-corrected chi connectivity index (χ2v) is 5.17. The lowest BCUT2D eigenvalue weighted by Gasteiger charge is -2.21. The number of hydrazine groups is 1. The number of guanidine groups is 1. The van der Waals surface area contributed by atoms with E-state index in [1.165, 1.54) is 5.59 Å². The molecule has 1 amide bonds. The van der Waals surface area contributed by atoms with Crippen molar-refractivity contribution >= 4 is 18.0 Å². The predicted octanol–water partition coefficient (Wildman–Crippen LogP) is -0.349. The summed E-state index contributed by atoms with van der Waals surface area (Å²) in [7, 11) is 0. The van der Waals surface area contributed by atoms with E-state index in [4.69, 9.17) is 15.6 Å². The monoisotopic (exact) mass is 304 g/mol. The molecule has 0 saturated heterocycles. The van der Waals surface area contributed by atoms with Gasteiger partial charge in [-0.3, -0.25) is 4.99 Å². The van der Waals surface area contributed by atoms with Crippen LogP contribution in [-0.4, -0.2) is 41.3 Å². The number of amides is 1. The summed E-state index contributed by atoms with van der Waals surface area (Å²) in [4.78, 5) is 26.3. The van der Waals surface area contributed by atoms with Crippen LogP contribution in [0.25, 0.3) is 0 Å². The predicted molar refractivity (Wildman–Crippen MR) is 76.2 cm³/mol. The average molecular weight is 304 g/mol. The van der Waals surface area contributed by atoms with Crippen molar-refractivity contribution in [2.45, 2.75) is 45.3 Å². The van der Waals surface area contributed by atoms with E-state index in [0.29, 0.717) is 6.42 Å². The molecule has 0 aromatic heterocycles. The quantitative estimate of drug-likeness (QED) is 0.184. The van der Waals surface area contributed by atoms with Crippen molar-refractivity contribution in [2.75, 3.05) is 6.54 Å². The van der Waals surface area contributed by atoms with Gasteiger partial charge in [0.05, 0.1) is 0 Å². The second kappa shape index (κ2) is 8.97. The number of carbonyl (C=O) groups is 2. The molecule has 21 heavy (non-hydrogen) atoms. The molecule has 0 heterocycles. The summed E-state index contributed by atoms with van der Waals surface area (Å²) < 4.78 is 4.98. The Morgan fingerprint density at radius 3 is 2.52 bits per heavy atom. The SMILES string of the molecule is CC(C)(C)OC(=O)N[C@H](CCCN=C(N)NN[O-])C(=O)O. The normalized spacial score (nSPS) is 13.4. The number of hydrogen-bond donors (Lipinski definition) is 5. The maximum Gasteiger partial charge on any atom is 0.408 e. The van der Waals surface area contributed by atoms with Gasteiger partial charge in [-0.2, -0.15) is 0 Å². The third kappa shape index (κ3) is 10.4. The molecule has 6 N–H and O–H groups in total. The van der Waals surface area contributed by atoms with Crippen LogP contribution in [0.15, 0.2) is 4.99 Å². The third-order valence-corrected chi connectivity index (χ3v) is 2.10. The van der Waals surface area contributed by atoms with Crippen LogP contribution in [0.3, 0.4) is 0 Å². The number of carboxylic acid groups (broad SMARTS) is 1. The van der Waals surface area contributed by atoms with Gasteiger partial charge in [0.2, 0.25) is 5.96 Å². The van der Waals surface area contributed by atoms with Gasteiger partial charge < -0.3 is 37.1 Å². The number of aliphatic carboxylic acids is 1. The van der Waals surface area contributed by atoms with E-state index in [1.807, 2.05) is 5.43 Å². The highest BCUT2D eigenvalue weighted by molar-refractivity contribution is 5.80. The largest absolute Gasteiger partial charge is 0.770 e. The van der Waals surface area contributed by atoms with Gasteiger partial charge in [-0.05, 0) is 33.6 Å². The molecule has 0 spiro atoms. The number of nitrogens with one attached hydrogen (secondary N) is 3. The smallest absolute Gasteiger partial charge is 0.408 e. The molecule has 0 aliphatic heterocycles. The van der Waals surface area contributed by atoms with Crippen molar-refractivity contribution < 1.29 is 19.4 Å². The molecular formula is C11H22N5O5-. The van der Waals surface area contributed by atoms with Gasteiger partial charge in [-0.15, -0.1) is 0 Å². The number of carboxylic acids is 1. The van der Waals surface area contributed by atoms with Gasteiger partial charge in [0.1, 0.15) is 11.6 Å². The van der Waals surface area contributed by atoms with Crippen LogP contribution < -0.4 is 22.1 Å². The first-order valence-electron chi connectivity index (χ1n) is 6.31. The van der Waals surface area contributed by atoms with E-state index < -0.39 is 23.7 Å². The molecule has 0 aliphatic rings. The summed E-state index contributed by atoms with van der Waals surface area (Å²) in [5.41, 5.74) is 7.97. The lowest BCUT2D eigenvalue weighted by atomic mass is 10.1. The minimum atomic E-state index is -1.17. The van der Waals surface area contributed by atoms with Crippen LogP contribution in [0.4, 0.5) is 4.79 Å². The lowest BCUT2D eigenvalue weighted by Crippen LogP contribution is -2.43. The van der Waals surface area contributed by atoms with Crippen molar-refractivity contribution in [3.05, 3.63) is 5.21 Å². The van der Waals surface area contributed by atoms with Crippen LogP contribution >= 0.6 is 0 Å². The maximum atomic E-state index is 11.5. The van der Waals surface area contributed by atoms with Gasteiger partial charge in [-0.1, -0.05) is 0 Å². The molecule has 0 unspecified atom stereocenters. The summed E-state index contributed by atoms with van der Waals surface area (Å²) in [6, 6.07) is -1.08. The molecule has 122 valence electrons. The van der Waals surface area contributed by atoms with Crippen LogP contribution in [0.5, 0.6) is 0 Å². The number of ether oxygens (including phenoxy) is 1. The fourth-order valence-corrected chi connectivity index (χ4v) is 1.29. The Kier molecular flexibility index (Phi) is 8.09. The number of hydrogen-bond acceptors (Lipinski definition) is 6. The van der Waals surface area contributed by atoms with Crippen LogP contribution in [0.1, 0.15) is 33.6 Å². The number of alkyl carbamates (subject to hydrolysis) is 1. The average Bonchev–Trinajstić information content (AvgIpc) is 2.30. The van der Waals surface area contributed by atoms with Crippen molar-refractivity contribution in [3.8, 4) is 0 Å². The first-order chi connectivity index (χ1) is 9.65. The van der Waals surface area contributed by atoms with Crippen molar-refractivity contribution in [2.24, 2.45) is 10.7 Å². The Bertz CT molecular complexity index is 380. The Morgan fingerprint density at radius 1 is 1.43 bits per heavy atom. The number of rotatable bonds is 7. The highest BCUT2D eigenvalue weighted by Gasteiger charge is 2.23. The Hall–Kier alpha value is -2.07. The molecule has 1 atom stereocenters. The zero-order valence-electron chi connectivity index (χ0n) is 12.3. The molecule has 0 rings (SSSR count). The number of nitrogens with two attached hydrogens (primary N) is 1. The Labute approximate surface area is 122 Å². The highest BCUT2D eigenvalue weighted by Crippen LogP contribution is 2.07. The third-order valence-electron chi connectivity index (χ3n) is 2.10. The van der Waals surface area contributed by atoms with E-state index in [9.17, 15) is 14.8 Å². The lowest BCUT2D eigenvalue weighted by molar-refractivity contribution is -0.139. The minimum Gasteiger partial charge on any atom is -0.770 e. The van der Waals surface area contributed by atoms with Gasteiger partial charge >= 0.3 is 12.1 Å². The molecule has 0 saturated carbocycles. The van der Waals surface area contributed by atoms with E-state index in [-0.39, 0.29) is 18.9 Å². The fourth-order valence-electron chi connectivity index (χ4n) is 1.29. The van der Waals surface area contributed by atoms with Crippen molar-refractivity contribution in [3.63, 3.8) is 0 Å². The molecule has 0 fully saturated rings. The minimum absolute atomic E-state index is 0.100. The summed E-state index contributed by atoms with van der Waals surface area (Å²) in [6.45, 7) is 5.24. The van der Waals surface area contributed by atoms with E-state index in [2.05, 4.69) is 10.3 Å². The number of carbonyl (C=O) groups excluding carboxylic acids is 1. The maximum absolute atomic E-state index is 11.5. The summed E-state index contributed by atoms with van der Waals surface area (Å²) in [5.74, 6) is -1.27. The molecule has 0 bridgehead atoms. The topological polar surface area (TPSA) is 161 Å². The molecule has 0 aromatic rings. The fraction of sp³-hybridized carbons (Fsp3) is 0.727.